The summed E-state index contributed by atoms with van der Waals surface area (Å²) in [6.07, 6.45) is 0.259. The molecule has 0 bridgehead atoms. The smallest absolute Gasteiger partial charge is 0.325 e. The summed E-state index contributed by atoms with van der Waals surface area (Å²) in [5.41, 5.74) is 7.31. The Bertz CT molecular complexity index is 486. The Morgan fingerprint density at radius 2 is 2.00 bits per heavy atom. The van der Waals surface area contributed by atoms with E-state index in [2.05, 4.69) is 5.32 Å². The molecule has 1 aliphatic heterocycles. The van der Waals surface area contributed by atoms with Crippen LogP contribution in [0.5, 0.6) is 0 Å². The molecule has 2 rings (SSSR count). The normalized spacial score (nSPS) is 22.8. The van der Waals surface area contributed by atoms with E-state index in [1.165, 1.54) is 0 Å². The highest BCUT2D eigenvalue weighted by Crippen LogP contribution is 2.27. The summed E-state index contributed by atoms with van der Waals surface area (Å²) in [6, 6.07) is 2.98. The van der Waals surface area contributed by atoms with Crippen molar-refractivity contribution < 1.29 is 19.8 Å². The summed E-state index contributed by atoms with van der Waals surface area (Å²) in [4.78, 5) is 22.0. The van der Waals surface area contributed by atoms with Gasteiger partial charge in [-0.25, -0.2) is 0 Å². The maximum atomic E-state index is 11.1. The van der Waals surface area contributed by atoms with E-state index in [1.54, 1.807) is 18.2 Å². The van der Waals surface area contributed by atoms with Crippen molar-refractivity contribution in [2.45, 2.75) is 18.5 Å². The van der Waals surface area contributed by atoms with Crippen LogP contribution in [0.1, 0.15) is 17.2 Å². The Labute approximate surface area is 97.1 Å². The van der Waals surface area contributed by atoms with E-state index in [0.29, 0.717) is 16.8 Å². The van der Waals surface area contributed by atoms with Gasteiger partial charge in [-0.2, -0.15) is 0 Å². The van der Waals surface area contributed by atoms with Crippen LogP contribution < -0.4 is 11.1 Å². The zero-order valence-electron chi connectivity index (χ0n) is 8.88. The van der Waals surface area contributed by atoms with Crippen molar-refractivity contribution in [1.82, 2.24) is 5.32 Å². The minimum Gasteiger partial charge on any atom is -0.480 e. The molecular weight excluding hydrogens is 224 g/mol. The SMILES string of the molecule is Nc1ccc2c(c1)C(C(=O)O)NC(C(=O)O)C2. The van der Waals surface area contributed by atoms with Crippen molar-refractivity contribution in [3.05, 3.63) is 29.3 Å². The first-order valence-electron chi connectivity index (χ1n) is 5.09. The van der Waals surface area contributed by atoms with Crippen LogP contribution in [0, 0.1) is 0 Å². The molecule has 0 saturated carbocycles. The lowest BCUT2D eigenvalue weighted by Crippen LogP contribution is -2.47. The maximum Gasteiger partial charge on any atom is 0.325 e. The standard InChI is InChI=1S/C11H12N2O4/c12-6-2-1-5-3-8(10(14)15)13-9(11(16)17)7(5)4-6/h1-2,4,8-9,13H,3,12H2,(H,14,15)(H,16,17). The lowest BCUT2D eigenvalue weighted by Gasteiger charge is -2.28. The van der Waals surface area contributed by atoms with E-state index >= 15 is 0 Å². The molecule has 17 heavy (non-hydrogen) atoms. The second-order valence-electron chi connectivity index (χ2n) is 3.99. The molecule has 6 heteroatoms. The van der Waals surface area contributed by atoms with Gasteiger partial charge in [-0.05, 0) is 29.7 Å². The Morgan fingerprint density at radius 1 is 1.29 bits per heavy atom. The van der Waals surface area contributed by atoms with Gasteiger partial charge in [-0.3, -0.25) is 14.9 Å². The molecule has 0 spiro atoms. The fourth-order valence-corrected chi connectivity index (χ4v) is 2.00. The monoisotopic (exact) mass is 236 g/mol. The molecule has 2 atom stereocenters. The number of rotatable bonds is 2. The molecule has 90 valence electrons. The lowest BCUT2D eigenvalue weighted by molar-refractivity contribution is -0.143. The Balaban J connectivity index is 2.45. The fourth-order valence-electron chi connectivity index (χ4n) is 2.00. The second-order valence-corrected chi connectivity index (χ2v) is 3.99. The van der Waals surface area contributed by atoms with Crippen LogP contribution >= 0.6 is 0 Å². The Hall–Kier alpha value is -2.08. The highest BCUT2D eigenvalue weighted by atomic mass is 16.4. The molecule has 0 saturated heterocycles. The first-order chi connectivity index (χ1) is 7.99. The zero-order chi connectivity index (χ0) is 12.6. The number of carbonyl (C=O) groups is 2. The third-order valence-corrected chi connectivity index (χ3v) is 2.82. The molecular formula is C11H12N2O4. The van der Waals surface area contributed by atoms with Crippen LogP contribution in [0.25, 0.3) is 0 Å². The molecule has 1 heterocycles. The van der Waals surface area contributed by atoms with E-state index < -0.39 is 24.0 Å². The van der Waals surface area contributed by atoms with E-state index in [4.69, 9.17) is 15.9 Å². The van der Waals surface area contributed by atoms with E-state index in [-0.39, 0.29) is 6.42 Å². The molecule has 2 unspecified atom stereocenters. The van der Waals surface area contributed by atoms with Crippen molar-refractivity contribution in [2.24, 2.45) is 0 Å². The molecule has 0 amide bonds. The lowest BCUT2D eigenvalue weighted by atomic mass is 9.90. The second kappa shape index (κ2) is 4.06. The number of hydrogen-bond acceptors (Lipinski definition) is 4. The first kappa shape index (κ1) is 11.4. The number of nitrogen functional groups attached to an aromatic ring is 1. The van der Waals surface area contributed by atoms with Gasteiger partial charge in [-0.1, -0.05) is 6.07 Å². The first-order valence-corrected chi connectivity index (χ1v) is 5.09. The molecule has 0 fully saturated rings. The highest BCUT2D eigenvalue weighted by molar-refractivity contribution is 5.81. The fraction of sp³-hybridized carbons (Fsp3) is 0.273. The van der Waals surface area contributed by atoms with Gasteiger partial charge in [0, 0.05) is 5.69 Å². The van der Waals surface area contributed by atoms with Gasteiger partial charge in [0.25, 0.3) is 0 Å². The largest absolute Gasteiger partial charge is 0.480 e. The summed E-state index contributed by atoms with van der Waals surface area (Å²) in [5, 5.41) is 20.6. The number of hydrogen-bond donors (Lipinski definition) is 4. The molecule has 0 radical (unpaired) electrons. The van der Waals surface area contributed by atoms with Crippen molar-refractivity contribution in [3.63, 3.8) is 0 Å². The van der Waals surface area contributed by atoms with Gasteiger partial charge in [0.2, 0.25) is 0 Å². The van der Waals surface area contributed by atoms with E-state index in [1.807, 2.05) is 0 Å². The van der Waals surface area contributed by atoms with Crippen LogP contribution in [0.4, 0.5) is 5.69 Å². The van der Waals surface area contributed by atoms with Crippen molar-refractivity contribution in [2.75, 3.05) is 5.73 Å². The van der Waals surface area contributed by atoms with Gasteiger partial charge >= 0.3 is 11.9 Å². The molecule has 1 aromatic carbocycles. The van der Waals surface area contributed by atoms with Crippen molar-refractivity contribution in [3.8, 4) is 0 Å². The van der Waals surface area contributed by atoms with E-state index in [0.717, 1.165) is 0 Å². The van der Waals surface area contributed by atoms with Crippen molar-refractivity contribution >= 4 is 17.6 Å². The molecule has 1 aromatic rings. The average molecular weight is 236 g/mol. The number of fused-ring (bicyclic) bond motifs is 1. The van der Waals surface area contributed by atoms with Crippen LogP contribution in [-0.2, 0) is 16.0 Å². The number of carboxylic acid groups (broad SMARTS) is 2. The number of benzene rings is 1. The maximum absolute atomic E-state index is 11.1. The van der Waals surface area contributed by atoms with Gasteiger partial charge in [-0.15, -0.1) is 0 Å². The van der Waals surface area contributed by atoms with Crippen LogP contribution in [0.15, 0.2) is 18.2 Å². The van der Waals surface area contributed by atoms with Crippen LogP contribution in [0.3, 0.4) is 0 Å². The van der Waals surface area contributed by atoms with Gasteiger partial charge in [0.15, 0.2) is 0 Å². The zero-order valence-corrected chi connectivity index (χ0v) is 8.88. The molecule has 6 nitrogen and oxygen atoms in total. The van der Waals surface area contributed by atoms with Gasteiger partial charge in [0.05, 0.1) is 0 Å². The number of anilines is 1. The third-order valence-electron chi connectivity index (χ3n) is 2.82. The topological polar surface area (TPSA) is 113 Å². The van der Waals surface area contributed by atoms with Gasteiger partial charge < -0.3 is 15.9 Å². The summed E-state index contributed by atoms with van der Waals surface area (Å²) < 4.78 is 0. The molecule has 5 N–H and O–H groups in total. The van der Waals surface area contributed by atoms with E-state index in [9.17, 15) is 9.59 Å². The number of nitrogens with two attached hydrogens (primary N) is 1. The minimum atomic E-state index is -1.11. The van der Waals surface area contributed by atoms with Crippen molar-refractivity contribution in [1.29, 1.82) is 0 Å². The average Bonchev–Trinajstić information content (AvgIpc) is 2.27. The summed E-state index contributed by atoms with van der Waals surface area (Å²) in [7, 11) is 0. The minimum absolute atomic E-state index is 0.259. The molecule has 1 aliphatic rings. The molecule has 0 aromatic heterocycles. The predicted molar refractivity (Wildman–Crippen MR) is 59.5 cm³/mol. The number of carboxylic acids is 2. The summed E-state index contributed by atoms with van der Waals surface area (Å²) in [6.45, 7) is 0. The Morgan fingerprint density at radius 3 is 2.59 bits per heavy atom. The highest BCUT2D eigenvalue weighted by Gasteiger charge is 2.34. The summed E-state index contributed by atoms with van der Waals surface area (Å²) in [5.74, 6) is -2.17. The Kier molecular flexibility index (Phi) is 2.72. The van der Waals surface area contributed by atoms with Gasteiger partial charge in [0.1, 0.15) is 12.1 Å². The quantitative estimate of drug-likeness (QED) is 0.537. The summed E-state index contributed by atoms with van der Waals surface area (Å²) >= 11 is 0. The number of nitrogens with one attached hydrogen (secondary N) is 1. The third kappa shape index (κ3) is 2.07. The number of aliphatic carboxylic acids is 2. The van der Waals surface area contributed by atoms with Crippen LogP contribution in [-0.4, -0.2) is 28.2 Å². The predicted octanol–water partition coefficient (Wildman–Crippen LogP) is -0.00660. The van der Waals surface area contributed by atoms with Crippen LogP contribution in [0.2, 0.25) is 0 Å². The molecule has 0 aliphatic carbocycles.